The second kappa shape index (κ2) is 5.24. The van der Waals surface area contributed by atoms with E-state index in [1.54, 1.807) is 18.8 Å². The van der Waals surface area contributed by atoms with Gasteiger partial charge in [-0.25, -0.2) is 14.6 Å². The van der Waals surface area contributed by atoms with E-state index in [1.165, 1.54) is 24.2 Å². The van der Waals surface area contributed by atoms with Gasteiger partial charge in [0.2, 0.25) is 5.00 Å². The highest BCUT2D eigenvalue weighted by atomic mass is 32.1. The highest BCUT2D eigenvalue weighted by molar-refractivity contribution is 7.18. The Bertz CT molecular complexity index is 364. The van der Waals surface area contributed by atoms with Gasteiger partial charge in [-0.2, -0.15) is 5.48 Å². The third kappa shape index (κ3) is 3.44. The van der Waals surface area contributed by atoms with E-state index in [-0.39, 0.29) is 6.03 Å². The molecule has 0 aromatic carbocycles. The Morgan fingerprint density at radius 3 is 3.25 bits per heavy atom. The first-order chi connectivity index (χ1) is 7.78. The van der Waals surface area contributed by atoms with Gasteiger partial charge in [-0.05, 0) is 30.1 Å². The molecular formula is C9H15N4O2S+. The van der Waals surface area contributed by atoms with Crippen molar-refractivity contribution in [3.8, 4) is 0 Å². The normalized spacial score (nSPS) is 14.8. The summed E-state index contributed by atoms with van der Waals surface area (Å²) in [6.07, 6.45) is 4.11. The third-order valence-corrected chi connectivity index (χ3v) is 3.06. The zero-order valence-corrected chi connectivity index (χ0v) is 9.84. The van der Waals surface area contributed by atoms with Crippen molar-refractivity contribution in [3.63, 3.8) is 0 Å². The first-order valence-electron chi connectivity index (χ1n) is 5.14. The molecule has 1 aromatic heterocycles. The van der Waals surface area contributed by atoms with Crippen LogP contribution in [-0.2, 0) is 4.84 Å². The Kier molecular flexibility index (Phi) is 3.70. The Labute approximate surface area is 97.4 Å². The number of aromatic nitrogens is 1. The molecule has 0 radical (unpaired) electrons. The molecule has 0 spiro atoms. The number of rotatable bonds is 5. The maximum absolute atomic E-state index is 11.4. The molecular weight excluding hydrogens is 228 g/mol. The van der Waals surface area contributed by atoms with E-state index < -0.39 is 0 Å². The fourth-order valence-electron chi connectivity index (χ4n) is 1.22. The van der Waals surface area contributed by atoms with E-state index >= 15 is 0 Å². The van der Waals surface area contributed by atoms with Crippen LogP contribution in [0.15, 0.2) is 6.20 Å². The van der Waals surface area contributed by atoms with Crippen LogP contribution < -0.4 is 16.1 Å². The van der Waals surface area contributed by atoms with Crippen LogP contribution in [-0.4, -0.2) is 24.7 Å². The average molecular weight is 243 g/mol. The number of carbonyl (C=O) groups is 1. The molecule has 1 aromatic rings. The van der Waals surface area contributed by atoms with Crippen LogP contribution in [0.4, 0.5) is 14.9 Å². The van der Waals surface area contributed by atoms with Crippen molar-refractivity contribution in [2.24, 2.45) is 5.92 Å². The van der Waals surface area contributed by atoms with Crippen molar-refractivity contribution in [1.29, 1.82) is 0 Å². The van der Waals surface area contributed by atoms with Crippen LogP contribution in [0.3, 0.4) is 0 Å². The summed E-state index contributed by atoms with van der Waals surface area (Å²) in [5, 5.41) is 6.95. The number of hydrogen-bond donors (Lipinski definition) is 3. The van der Waals surface area contributed by atoms with Gasteiger partial charge in [-0.3, -0.25) is 5.32 Å². The summed E-state index contributed by atoms with van der Waals surface area (Å²) in [6.45, 7) is 0.758. The molecule has 1 aliphatic carbocycles. The number of thiazole rings is 1. The average Bonchev–Trinajstić information content (AvgIpc) is 2.99. The quantitative estimate of drug-likeness (QED) is 0.656. The van der Waals surface area contributed by atoms with Gasteiger partial charge in [0.25, 0.3) is 0 Å². The molecule has 2 rings (SSSR count). The van der Waals surface area contributed by atoms with Gasteiger partial charge in [-0.1, -0.05) is 0 Å². The van der Waals surface area contributed by atoms with Crippen molar-refractivity contribution in [2.45, 2.75) is 12.8 Å². The van der Waals surface area contributed by atoms with Gasteiger partial charge in [0, 0.05) is 6.54 Å². The van der Waals surface area contributed by atoms with Crippen molar-refractivity contribution >= 4 is 27.5 Å². The Morgan fingerprint density at radius 2 is 2.56 bits per heavy atom. The fraction of sp³-hybridized carbons (Fsp3) is 0.556. The lowest BCUT2D eigenvalue weighted by Crippen LogP contribution is -2.75. The summed E-state index contributed by atoms with van der Waals surface area (Å²) in [5.74, 6) is 0.680. The second-order valence-corrected chi connectivity index (χ2v) is 4.76. The van der Waals surface area contributed by atoms with Crippen LogP contribution in [0, 0.1) is 5.92 Å². The smallest absolute Gasteiger partial charge is 0.321 e. The highest BCUT2D eigenvalue weighted by Crippen LogP contribution is 2.27. The van der Waals surface area contributed by atoms with Gasteiger partial charge in [0.1, 0.15) is 6.20 Å². The largest absolute Gasteiger partial charge is 0.338 e. The minimum absolute atomic E-state index is 0.190. The van der Waals surface area contributed by atoms with E-state index in [4.69, 9.17) is 4.84 Å². The van der Waals surface area contributed by atoms with E-state index in [1.807, 2.05) is 0 Å². The number of urea groups is 1. The van der Waals surface area contributed by atoms with Crippen molar-refractivity contribution < 1.29 is 15.1 Å². The summed E-state index contributed by atoms with van der Waals surface area (Å²) in [7, 11) is 1.58. The minimum atomic E-state index is -0.190. The topological polar surface area (TPSA) is 79.9 Å². The molecule has 0 atom stereocenters. The lowest BCUT2D eigenvalue weighted by atomic mass is 10.4. The van der Waals surface area contributed by atoms with E-state index in [0.29, 0.717) is 11.0 Å². The van der Waals surface area contributed by atoms with Crippen LogP contribution >= 0.6 is 11.3 Å². The van der Waals surface area contributed by atoms with Crippen molar-refractivity contribution in [2.75, 3.05) is 19.0 Å². The monoisotopic (exact) mass is 243 g/mol. The van der Waals surface area contributed by atoms with Gasteiger partial charge >= 0.3 is 6.03 Å². The summed E-state index contributed by atoms with van der Waals surface area (Å²) < 4.78 is 0. The first kappa shape index (κ1) is 11.3. The minimum Gasteiger partial charge on any atom is -0.338 e. The molecule has 0 unspecified atom stereocenters. The Balaban J connectivity index is 1.75. The number of carbonyl (C=O) groups excluding carboxylic acids is 1. The lowest BCUT2D eigenvalue weighted by Gasteiger charge is -2.02. The molecule has 2 amide bonds. The molecule has 88 valence electrons. The molecule has 0 saturated heterocycles. The SMILES string of the molecule is CO[NH2+]c1cnc(NC(=O)NCC2CC2)s1. The lowest BCUT2D eigenvalue weighted by molar-refractivity contribution is -0.827. The Hall–Kier alpha value is -1.18. The number of hydrogen-bond acceptors (Lipinski definition) is 4. The summed E-state index contributed by atoms with van der Waals surface area (Å²) >= 11 is 1.37. The molecule has 4 N–H and O–H groups in total. The molecule has 1 heterocycles. The third-order valence-electron chi connectivity index (χ3n) is 2.23. The van der Waals surface area contributed by atoms with Crippen LogP contribution in [0.1, 0.15) is 12.8 Å². The molecule has 1 aliphatic rings. The number of quaternary nitrogens is 1. The molecule has 16 heavy (non-hydrogen) atoms. The maximum Gasteiger partial charge on any atom is 0.321 e. The molecule has 6 nitrogen and oxygen atoms in total. The van der Waals surface area contributed by atoms with Gasteiger partial charge < -0.3 is 5.32 Å². The van der Waals surface area contributed by atoms with Crippen molar-refractivity contribution in [3.05, 3.63) is 6.20 Å². The second-order valence-electron chi connectivity index (χ2n) is 3.70. The number of anilines is 1. The zero-order chi connectivity index (χ0) is 11.4. The molecule has 1 fully saturated rings. The molecule has 1 saturated carbocycles. The fourth-order valence-corrected chi connectivity index (χ4v) is 1.94. The van der Waals surface area contributed by atoms with E-state index in [0.717, 1.165) is 11.5 Å². The first-order valence-corrected chi connectivity index (χ1v) is 5.96. The zero-order valence-electron chi connectivity index (χ0n) is 9.03. The molecule has 0 aliphatic heterocycles. The van der Waals surface area contributed by atoms with E-state index in [2.05, 4.69) is 15.6 Å². The number of nitrogens with one attached hydrogen (secondary N) is 2. The van der Waals surface area contributed by atoms with E-state index in [9.17, 15) is 4.79 Å². The van der Waals surface area contributed by atoms with Gasteiger partial charge in [0.15, 0.2) is 5.13 Å². The number of amides is 2. The summed E-state index contributed by atoms with van der Waals surface area (Å²) in [4.78, 5) is 20.3. The summed E-state index contributed by atoms with van der Waals surface area (Å²) in [6, 6.07) is -0.190. The standard InChI is InChI=1S/C9H14N4O2S/c1-15-13-7-5-11-9(16-7)12-8(14)10-4-6-2-3-6/h5-6,13H,2-4H2,1H3,(H2,10,11,12,14)/p+1. The molecule has 7 heteroatoms. The van der Waals surface area contributed by atoms with Gasteiger partial charge in [0.05, 0.1) is 7.11 Å². The predicted molar refractivity (Wildman–Crippen MR) is 60.5 cm³/mol. The molecule has 0 bridgehead atoms. The van der Waals surface area contributed by atoms with Crippen molar-refractivity contribution in [1.82, 2.24) is 10.3 Å². The number of nitrogens with zero attached hydrogens (tertiary/aromatic N) is 1. The Morgan fingerprint density at radius 1 is 1.75 bits per heavy atom. The highest BCUT2D eigenvalue weighted by Gasteiger charge is 2.21. The number of nitrogens with two attached hydrogens (primary N) is 1. The van der Waals surface area contributed by atoms with Gasteiger partial charge in [-0.15, -0.1) is 0 Å². The summed E-state index contributed by atoms with van der Waals surface area (Å²) in [5.41, 5.74) is 1.59. The van der Waals surface area contributed by atoms with Crippen LogP contribution in [0.5, 0.6) is 0 Å². The van der Waals surface area contributed by atoms with Crippen LogP contribution in [0.25, 0.3) is 0 Å². The maximum atomic E-state index is 11.4. The predicted octanol–water partition coefficient (Wildman–Crippen LogP) is 0.431. The van der Waals surface area contributed by atoms with Crippen LogP contribution in [0.2, 0.25) is 0 Å².